The molecule has 0 aliphatic heterocycles. The number of carbonyl (C=O) groups excluding carboxylic acids is 1. The van der Waals surface area contributed by atoms with Crippen molar-refractivity contribution in [3.63, 3.8) is 0 Å². The highest BCUT2D eigenvalue weighted by molar-refractivity contribution is 5.80. The molecule has 0 aliphatic carbocycles. The van der Waals surface area contributed by atoms with Crippen molar-refractivity contribution in [2.75, 3.05) is 0 Å². The monoisotopic (exact) mass is 161 g/mol. The Bertz CT molecular complexity index is 183. The third-order valence-electron chi connectivity index (χ3n) is 1.15. The SMILES string of the molecule is CCC(=C=O)C(N)C(=O)O.O. The summed E-state index contributed by atoms with van der Waals surface area (Å²) >= 11 is 0. The normalized spacial score (nSPS) is 10.7. The van der Waals surface area contributed by atoms with Crippen LogP contribution in [-0.4, -0.2) is 28.5 Å². The Balaban J connectivity index is 0. The van der Waals surface area contributed by atoms with Crippen molar-refractivity contribution in [3.8, 4) is 0 Å². The van der Waals surface area contributed by atoms with Gasteiger partial charge in [0.15, 0.2) is 0 Å². The van der Waals surface area contributed by atoms with Gasteiger partial charge in [-0.15, -0.1) is 0 Å². The summed E-state index contributed by atoms with van der Waals surface area (Å²) in [6.07, 6.45) is 0.330. The molecule has 11 heavy (non-hydrogen) atoms. The van der Waals surface area contributed by atoms with E-state index in [1.54, 1.807) is 6.92 Å². The molecule has 0 saturated heterocycles. The van der Waals surface area contributed by atoms with Gasteiger partial charge in [-0.1, -0.05) is 6.92 Å². The van der Waals surface area contributed by atoms with Gasteiger partial charge in [0, 0.05) is 5.57 Å². The smallest absolute Gasteiger partial charge is 0.325 e. The molecule has 0 bridgehead atoms. The lowest BCUT2D eigenvalue weighted by Gasteiger charge is -2.03. The molecule has 0 heterocycles. The Morgan fingerprint density at radius 2 is 2.18 bits per heavy atom. The van der Waals surface area contributed by atoms with Crippen LogP contribution in [0.1, 0.15) is 13.3 Å². The van der Waals surface area contributed by atoms with Crippen molar-refractivity contribution < 1.29 is 20.2 Å². The average Bonchev–Trinajstić information content (AvgIpc) is 1.90. The predicted octanol–water partition coefficient (Wildman–Crippen LogP) is -1.26. The van der Waals surface area contributed by atoms with E-state index >= 15 is 0 Å². The number of hydrogen-bond donors (Lipinski definition) is 2. The molecule has 0 spiro atoms. The number of nitrogens with two attached hydrogens (primary N) is 1. The highest BCUT2D eigenvalue weighted by Crippen LogP contribution is 1.99. The summed E-state index contributed by atoms with van der Waals surface area (Å²) in [6.45, 7) is 1.66. The number of hydrogen-bond acceptors (Lipinski definition) is 3. The van der Waals surface area contributed by atoms with Crippen molar-refractivity contribution >= 4 is 11.9 Å². The van der Waals surface area contributed by atoms with Crippen LogP contribution in [0.2, 0.25) is 0 Å². The van der Waals surface area contributed by atoms with Crippen LogP contribution < -0.4 is 5.73 Å². The zero-order chi connectivity index (χ0) is 8.15. The number of carbonyl (C=O) groups is 1. The average molecular weight is 161 g/mol. The third kappa shape index (κ3) is 3.52. The zero-order valence-corrected chi connectivity index (χ0v) is 6.13. The first kappa shape index (κ1) is 12.5. The van der Waals surface area contributed by atoms with E-state index in [9.17, 15) is 9.59 Å². The summed E-state index contributed by atoms with van der Waals surface area (Å²) < 4.78 is 0. The van der Waals surface area contributed by atoms with Crippen molar-refractivity contribution in [3.05, 3.63) is 5.57 Å². The second-order valence-corrected chi connectivity index (χ2v) is 1.80. The third-order valence-corrected chi connectivity index (χ3v) is 1.15. The molecule has 5 heteroatoms. The molecule has 1 unspecified atom stereocenters. The van der Waals surface area contributed by atoms with Crippen molar-refractivity contribution in [2.45, 2.75) is 19.4 Å². The molecule has 0 aliphatic rings. The standard InChI is InChI=1S/C6H9NO3.H2O/c1-2-4(3-8)5(7)6(9)10;/h5H,2,7H2,1H3,(H,9,10);1H2. The van der Waals surface area contributed by atoms with E-state index in [0.717, 1.165) is 0 Å². The fraction of sp³-hybridized carbons (Fsp3) is 0.500. The Labute approximate surface area is 63.8 Å². The van der Waals surface area contributed by atoms with Crippen LogP contribution in [0.3, 0.4) is 0 Å². The number of carboxylic acid groups (broad SMARTS) is 1. The van der Waals surface area contributed by atoms with E-state index in [-0.39, 0.29) is 11.0 Å². The first-order valence-corrected chi connectivity index (χ1v) is 2.85. The van der Waals surface area contributed by atoms with Gasteiger partial charge in [0.25, 0.3) is 0 Å². The summed E-state index contributed by atoms with van der Waals surface area (Å²) in [7, 11) is 0. The van der Waals surface area contributed by atoms with Crippen LogP contribution in [0.4, 0.5) is 0 Å². The van der Waals surface area contributed by atoms with Gasteiger partial charge in [-0.2, -0.15) is 0 Å². The molecule has 64 valence electrons. The highest BCUT2D eigenvalue weighted by Gasteiger charge is 2.15. The molecule has 0 amide bonds. The van der Waals surface area contributed by atoms with Gasteiger partial charge in [-0.25, -0.2) is 4.79 Å². The maximum atomic E-state index is 10.1. The van der Waals surface area contributed by atoms with Crippen LogP contribution in [0.5, 0.6) is 0 Å². The molecular formula is C6H11NO4. The van der Waals surface area contributed by atoms with Crippen LogP contribution >= 0.6 is 0 Å². The van der Waals surface area contributed by atoms with Crippen LogP contribution in [0.25, 0.3) is 0 Å². The van der Waals surface area contributed by atoms with E-state index in [4.69, 9.17) is 10.8 Å². The summed E-state index contributed by atoms with van der Waals surface area (Å²) in [4.78, 5) is 20.1. The van der Waals surface area contributed by atoms with E-state index in [2.05, 4.69) is 0 Å². The Morgan fingerprint density at radius 1 is 1.73 bits per heavy atom. The topological polar surface area (TPSA) is 112 Å². The molecule has 5 N–H and O–H groups in total. The number of rotatable bonds is 3. The van der Waals surface area contributed by atoms with Crippen molar-refractivity contribution in [1.82, 2.24) is 0 Å². The maximum Gasteiger partial charge on any atom is 0.325 e. The van der Waals surface area contributed by atoms with Crippen LogP contribution in [0.15, 0.2) is 5.57 Å². The lowest BCUT2D eigenvalue weighted by Crippen LogP contribution is -2.32. The maximum absolute atomic E-state index is 10.1. The molecule has 0 aromatic carbocycles. The summed E-state index contributed by atoms with van der Waals surface area (Å²) in [5.74, 6) is 0.299. The van der Waals surface area contributed by atoms with Gasteiger partial charge >= 0.3 is 5.97 Å². The van der Waals surface area contributed by atoms with Gasteiger partial charge < -0.3 is 16.3 Å². The molecule has 1 atom stereocenters. The highest BCUT2D eigenvalue weighted by atomic mass is 16.4. The van der Waals surface area contributed by atoms with E-state index in [1.807, 2.05) is 0 Å². The van der Waals surface area contributed by atoms with Crippen molar-refractivity contribution in [1.29, 1.82) is 0 Å². The molecule has 0 aromatic rings. The van der Waals surface area contributed by atoms with Gasteiger partial charge in [-0.3, -0.25) is 4.79 Å². The Hall–Kier alpha value is -1.16. The van der Waals surface area contributed by atoms with E-state index in [0.29, 0.717) is 6.42 Å². The number of aliphatic carboxylic acids is 1. The van der Waals surface area contributed by atoms with Crippen molar-refractivity contribution in [2.24, 2.45) is 5.73 Å². The van der Waals surface area contributed by atoms with Gasteiger partial charge in [0.2, 0.25) is 0 Å². The summed E-state index contributed by atoms with van der Waals surface area (Å²) in [5, 5.41) is 8.29. The second kappa shape index (κ2) is 5.61. The first-order valence-electron chi connectivity index (χ1n) is 2.85. The minimum Gasteiger partial charge on any atom is -0.480 e. The van der Waals surface area contributed by atoms with Gasteiger partial charge in [-0.05, 0) is 6.42 Å². The molecular weight excluding hydrogens is 150 g/mol. The first-order chi connectivity index (χ1) is 4.63. The molecule has 0 radical (unpaired) electrons. The van der Waals surface area contributed by atoms with Gasteiger partial charge in [0.1, 0.15) is 12.0 Å². The van der Waals surface area contributed by atoms with E-state index < -0.39 is 12.0 Å². The van der Waals surface area contributed by atoms with Crippen LogP contribution in [-0.2, 0) is 9.59 Å². The lowest BCUT2D eigenvalue weighted by molar-refractivity contribution is -0.137. The quantitative estimate of drug-likeness (QED) is 0.503. The molecule has 0 saturated carbocycles. The Morgan fingerprint density at radius 3 is 2.27 bits per heavy atom. The molecule has 0 aromatic heterocycles. The van der Waals surface area contributed by atoms with Crippen LogP contribution in [0, 0.1) is 0 Å². The molecule has 0 fully saturated rings. The fourth-order valence-corrected chi connectivity index (χ4v) is 0.505. The Kier molecular flexibility index (Phi) is 6.38. The molecule has 0 rings (SSSR count). The van der Waals surface area contributed by atoms with Gasteiger partial charge in [0.05, 0.1) is 0 Å². The largest absolute Gasteiger partial charge is 0.480 e. The fourth-order valence-electron chi connectivity index (χ4n) is 0.505. The minimum absolute atomic E-state index is 0. The summed E-state index contributed by atoms with van der Waals surface area (Å²) in [5.41, 5.74) is 5.17. The second-order valence-electron chi connectivity index (χ2n) is 1.80. The predicted molar refractivity (Wildman–Crippen MR) is 38.7 cm³/mol. The van der Waals surface area contributed by atoms with E-state index in [1.165, 1.54) is 5.94 Å². The lowest BCUT2D eigenvalue weighted by atomic mass is 10.1. The minimum atomic E-state index is -1.19. The molecule has 5 nitrogen and oxygen atoms in total. The summed E-state index contributed by atoms with van der Waals surface area (Å²) in [6, 6.07) is -1.19. The zero-order valence-electron chi connectivity index (χ0n) is 6.13. The number of carboxylic acids is 1.